The zero-order valence-electron chi connectivity index (χ0n) is 14.0. The first-order valence-electron chi connectivity index (χ1n) is 8.38. The largest absolute Gasteiger partial charge is 0.340 e. The van der Waals surface area contributed by atoms with E-state index in [0.717, 1.165) is 18.7 Å². The number of pyridine rings is 1. The molecule has 0 saturated carbocycles. The molecule has 0 fully saturated rings. The van der Waals surface area contributed by atoms with Crippen molar-refractivity contribution < 1.29 is 4.79 Å². The van der Waals surface area contributed by atoms with Crippen molar-refractivity contribution in [2.75, 3.05) is 16.8 Å². The van der Waals surface area contributed by atoms with E-state index in [4.69, 9.17) is 5.26 Å². The molecule has 0 spiro atoms. The molecule has 1 aliphatic heterocycles. The summed E-state index contributed by atoms with van der Waals surface area (Å²) in [6.45, 7) is 0.905. The van der Waals surface area contributed by atoms with Crippen LogP contribution in [-0.2, 0) is 6.42 Å². The zero-order chi connectivity index (χ0) is 17.9. The van der Waals surface area contributed by atoms with Gasteiger partial charge in [-0.2, -0.15) is 5.26 Å². The third kappa shape index (κ3) is 2.89. The van der Waals surface area contributed by atoms with Crippen LogP contribution in [-0.4, -0.2) is 17.4 Å². The minimum absolute atomic E-state index is 0.314. The predicted molar refractivity (Wildman–Crippen MR) is 100 cm³/mol. The molecule has 26 heavy (non-hydrogen) atoms. The summed E-state index contributed by atoms with van der Waals surface area (Å²) in [6, 6.07) is 20.9. The topological polar surface area (TPSA) is 69.0 Å². The Hall–Kier alpha value is -3.65. The van der Waals surface area contributed by atoms with Crippen molar-refractivity contribution >= 4 is 23.0 Å². The Kier molecular flexibility index (Phi) is 4.08. The molecule has 1 aromatic heterocycles. The lowest BCUT2D eigenvalue weighted by Crippen LogP contribution is -2.16. The van der Waals surface area contributed by atoms with Gasteiger partial charge in [0.15, 0.2) is 0 Å². The van der Waals surface area contributed by atoms with Crippen LogP contribution in [0.15, 0.2) is 66.9 Å². The van der Waals surface area contributed by atoms with Gasteiger partial charge in [0.25, 0.3) is 5.91 Å². The highest BCUT2D eigenvalue weighted by atomic mass is 16.1. The van der Waals surface area contributed by atoms with Gasteiger partial charge in [0, 0.05) is 12.2 Å². The van der Waals surface area contributed by atoms with Gasteiger partial charge < -0.3 is 10.2 Å². The lowest BCUT2D eigenvalue weighted by molar-refractivity contribution is 0.102. The molecule has 2 heterocycles. The van der Waals surface area contributed by atoms with Gasteiger partial charge in [0.1, 0.15) is 11.8 Å². The molecule has 0 unspecified atom stereocenters. The van der Waals surface area contributed by atoms with Crippen LogP contribution in [0, 0.1) is 11.3 Å². The molecule has 5 nitrogen and oxygen atoms in total. The molecule has 0 aliphatic carbocycles. The highest BCUT2D eigenvalue weighted by Gasteiger charge is 2.20. The van der Waals surface area contributed by atoms with E-state index >= 15 is 0 Å². The molecule has 0 saturated heterocycles. The van der Waals surface area contributed by atoms with E-state index < -0.39 is 0 Å². The number of nitrogens with zero attached hydrogens (tertiary/aromatic N) is 3. The van der Waals surface area contributed by atoms with E-state index in [1.165, 1.54) is 11.3 Å². The number of benzene rings is 2. The highest BCUT2D eigenvalue weighted by molar-refractivity contribution is 6.03. The molecule has 0 atom stereocenters. The summed E-state index contributed by atoms with van der Waals surface area (Å²) in [5.41, 5.74) is 4.69. The average molecular weight is 340 g/mol. The molecule has 126 valence electrons. The van der Waals surface area contributed by atoms with Gasteiger partial charge in [-0.15, -0.1) is 0 Å². The van der Waals surface area contributed by atoms with Crippen molar-refractivity contribution in [2.24, 2.45) is 0 Å². The summed E-state index contributed by atoms with van der Waals surface area (Å²) in [5, 5.41) is 11.9. The van der Waals surface area contributed by atoms with Crippen molar-refractivity contribution in [3.8, 4) is 6.07 Å². The van der Waals surface area contributed by atoms with Gasteiger partial charge in [-0.3, -0.25) is 4.79 Å². The minimum atomic E-state index is -0.332. The third-order valence-electron chi connectivity index (χ3n) is 4.48. The fourth-order valence-electron chi connectivity index (χ4n) is 3.16. The first kappa shape index (κ1) is 15.9. The Morgan fingerprint density at radius 2 is 1.88 bits per heavy atom. The molecular formula is C21H16N4O. The summed E-state index contributed by atoms with van der Waals surface area (Å²) in [7, 11) is 0. The molecule has 1 amide bonds. The van der Waals surface area contributed by atoms with Crippen LogP contribution < -0.4 is 10.2 Å². The molecule has 5 heteroatoms. The Morgan fingerprint density at radius 3 is 2.69 bits per heavy atom. The smallest absolute Gasteiger partial charge is 0.274 e. The summed E-state index contributed by atoms with van der Waals surface area (Å²) in [5.74, 6) is -0.332. The second kappa shape index (κ2) is 6.69. The van der Waals surface area contributed by atoms with E-state index in [1.54, 1.807) is 36.5 Å². The fourth-order valence-corrected chi connectivity index (χ4v) is 3.16. The molecule has 1 aliphatic rings. The van der Waals surface area contributed by atoms with Crippen LogP contribution in [0.2, 0.25) is 0 Å². The number of fused-ring (bicyclic) bond motifs is 1. The molecule has 1 N–H and O–H groups in total. The Labute approximate surface area is 151 Å². The van der Waals surface area contributed by atoms with Crippen LogP contribution in [0.25, 0.3) is 0 Å². The molecule has 2 aromatic carbocycles. The Balaban J connectivity index is 1.53. The number of nitriles is 1. The second-order valence-corrected chi connectivity index (χ2v) is 6.04. The molecule has 0 radical (unpaired) electrons. The first-order chi connectivity index (χ1) is 12.8. The maximum Gasteiger partial charge on any atom is 0.274 e. The quantitative estimate of drug-likeness (QED) is 0.785. The summed E-state index contributed by atoms with van der Waals surface area (Å²) in [6.07, 6.45) is 2.72. The number of carbonyl (C=O) groups excluding carboxylic acids is 1. The summed E-state index contributed by atoms with van der Waals surface area (Å²) < 4.78 is 0. The lowest BCUT2D eigenvalue weighted by Gasteiger charge is -2.19. The van der Waals surface area contributed by atoms with Crippen molar-refractivity contribution in [3.63, 3.8) is 0 Å². The Bertz CT molecular complexity index is 1010. The van der Waals surface area contributed by atoms with E-state index in [-0.39, 0.29) is 5.91 Å². The lowest BCUT2D eigenvalue weighted by atomic mass is 10.2. The third-order valence-corrected chi connectivity index (χ3v) is 4.48. The maximum absolute atomic E-state index is 12.4. The zero-order valence-corrected chi connectivity index (χ0v) is 14.0. The molecule has 4 rings (SSSR count). The van der Waals surface area contributed by atoms with Crippen molar-refractivity contribution in [3.05, 3.63) is 83.7 Å². The van der Waals surface area contributed by atoms with Crippen LogP contribution in [0.3, 0.4) is 0 Å². The molecule has 3 aromatic rings. The van der Waals surface area contributed by atoms with Gasteiger partial charge in [-0.1, -0.05) is 30.3 Å². The fraction of sp³-hybridized carbons (Fsp3) is 0.0952. The van der Waals surface area contributed by atoms with E-state index in [9.17, 15) is 4.79 Å². The number of hydrogen-bond acceptors (Lipinski definition) is 4. The normalized spacial score (nSPS) is 12.3. The SMILES string of the molecule is N#Cc1ccccc1NC(=O)c1ccc(N2CCc3ccccc32)cn1. The van der Waals surface area contributed by atoms with E-state index in [1.807, 2.05) is 18.2 Å². The number of rotatable bonds is 3. The Morgan fingerprint density at radius 1 is 1.08 bits per heavy atom. The van der Waals surface area contributed by atoms with Gasteiger partial charge >= 0.3 is 0 Å². The number of anilines is 3. The highest BCUT2D eigenvalue weighted by Crippen LogP contribution is 2.33. The summed E-state index contributed by atoms with van der Waals surface area (Å²) in [4.78, 5) is 18.9. The van der Waals surface area contributed by atoms with Gasteiger partial charge in [0.05, 0.1) is 23.1 Å². The van der Waals surface area contributed by atoms with Gasteiger partial charge in [-0.25, -0.2) is 4.98 Å². The first-order valence-corrected chi connectivity index (χ1v) is 8.38. The number of hydrogen-bond donors (Lipinski definition) is 1. The standard InChI is InChI=1S/C21H16N4O/c22-13-16-6-1-3-7-18(16)24-21(26)19-10-9-17(14-23-19)25-12-11-15-5-2-4-8-20(15)25/h1-10,14H,11-12H2,(H,24,26). The van der Waals surface area contributed by atoms with E-state index in [2.05, 4.69) is 33.4 Å². The maximum atomic E-state index is 12.4. The number of para-hydroxylation sites is 2. The monoisotopic (exact) mass is 340 g/mol. The minimum Gasteiger partial charge on any atom is -0.340 e. The van der Waals surface area contributed by atoms with Gasteiger partial charge in [0.2, 0.25) is 0 Å². The number of amides is 1. The van der Waals surface area contributed by atoms with Crippen LogP contribution in [0.5, 0.6) is 0 Å². The van der Waals surface area contributed by atoms with Crippen molar-refractivity contribution in [1.29, 1.82) is 5.26 Å². The van der Waals surface area contributed by atoms with Gasteiger partial charge in [-0.05, 0) is 42.3 Å². The second-order valence-electron chi connectivity index (χ2n) is 6.04. The molecular weight excluding hydrogens is 324 g/mol. The summed E-state index contributed by atoms with van der Waals surface area (Å²) >= 11 is 0. The van der Waals surface area contributed by atoms with E-state index in [0.29, 0.717) is 16.9 Å². The number of aromatic nitrogens is 1. The predicted octanol–water partition coefficient (Wildman–Crippen LogP) is 3.90. The average Bonchev–Trinajstić information content (AvgIpc) is 3.12. The number of nitrogens with one attached hydrogen (secondary N) is 1. The van der Waals surface area contributed by atoms with Crippen LogP contribution in [0.1, 0.15) is 21.6 Å². The number of carbonyl (C=O) groups is 1. The van der Waals surface area contributed by atoms with Crippen molar-refractivity contribution in [1.82, 2.24) is 4.98 Å². The van der Waals surface area contributed by atoms with Crippen LogP contribution in [0.4, 0.5) is 17.1 Å². The van der Waals surface area contributed by atoms with Crippen molar-refractivity contribution in [2.45, 2.75) is 6.42 Å². The van der Waals surface area contributed by atoms with Crippen LogP contribution >= 0.6 is 0 Å². The molecule has 0 bridgehead atoms.